The maximum absolute atomic E-state index is 8.84. The molecule has 20 heavy (non-hydrogen) atoms. The molecule has 0 spiro atoms. The summed E-state index contributed by atoms with van der Waals surface area (Å²) in [6, 6.07) is 19.7. The van der Waals surface area contributed by atoms with E-state index in [1.54, 1.807) is 12.3 Å². The number of nitriles is 1. The van der Waals surface area contributed by atoms with Gasteiger partial charge in [0.25, 0.3) is 0 Å². The van der Waals surface area contributed by atoms with Gasteiger partial charge in [-0.25, -0.2) is 4.98 Å². The Hall–Kier alpha value is -2.86. The fourth-order valence-corrected chi connectivity index (χ4v) is 2.11. The summed E-state index contributed by atoms with van der Waals surface area (Å²) in [5, 5.41) is 11.1. The van der Waals surface area contributed by atoms with Crippen molar-refractivity contribution in [2.75, 3.05) is 0 Å². The van der Waals surface area contributed by atoms with E-state index in [2.05, 4.69) is 17.1 Å². The van der Waals surface area contributed by atoms with Crippen molar-refractivity contribution in [3.8, 4) is 11.8 Å². The molecule has 1 heterocycles. The molecule has 0 unspecified atom stereocenters. The van der Waals surface area contributed by atoms with E-state index in [1.165, 1.54) is 0 Å². The molecule has 0 saturated carbocycles. The Labute approximate surface area is 117 Å². The molecule has 2 aromatic carbocycles. The highest BCUT2D eigenvalue weighted by Crippen LogP contribution is 2.25. The standard InChI is InChI=1S/C17H12N2O/c18-11-15-10-13(8-9-19-15)12-20-17-7-3-5-14-4-1-2-6-16(14)17/h1-10H,12H2. The number of hydrogen-bond donors (Lipinski definition) is 0. The van der Waals surface area contributed by atoms with Gasteiger partial charge in [0, 0.05) is 11.6 Å². The van der Waals surface area contributed by atoms with Crippen LogP contribution in [0, 0.1) is 11.3 Å². The third-order valence-corrected chi connectivity index (χ3v) is 3.08. The number of fused-ring (bicyclic) bond motifs is 1. The van der Waals surface area contributed by atoms with E-state index in [0.29, 0.717) is 12.3 Å². The van der Waals surface area contributed by atoms with Gasteiger partial charge in [-0.1, -0.05) is 36.4 Å². The Balaban J connectivity index is 1.85. The molecule has 0 N–H and O–H groups in total. The molecule has 96 valence electrons. The van der Waals surface area contributed by atoms with Crippen LogP contribution in [-0.4, -0.2) is 4.98 Å². The largest absolute Gasteiger partial charge is 0.488 e. The molecule has 0 aliphatic carbocycles. The molecular weight excluding hydrogens is 248 g/mol. The first-order valence-electron chi connectivity index (χ1n) is 6.32. The van der Waals surface area contributed by atoms with Gasteiger partial charge in [0.1, 0.15) is 24.1 Å². The minimum absolute atomic E-state index is 0.406. The van der Waals surface area contributed by atoms with Gasteiger partial charge in [-0.2, -0.15) is 5.26 Å². The highest BCUT2D eigenvalue weighted by atomic mass is 16.5. The zero-order valence-electron chi connectivity index (χ0n) is 10.8. The quantitative estimate of drug-likeness (QED) is 0.721. The predicted octanol–water partition coefficient (Wildman–Crippen LogP) is 3.69. The van der Waals surface area contributed by atoms with Gasteiger partial charge >= 0.3 is 0 Å². The minimum atomic E-state index is 0.406. The second-order valence-corrected chi connectivity index (χ2v) is 4.43. The van der Waals surface area contributed by atoms with E-state index < -0.39 is 0 Å². The van der Waals surface area contributed by atoms with Crippen molar-refractivity contribution in [3.05, 3.63) is 72.1 Å². The van der Waals surface area contributed by atoms with Crippen molar-refractivity contribution >= 4 is 10.8 Å². The second-order valence-electron chi connectivity index (χ2n) is 4.43. The van der Waals surface area contributed by atoms with E-state index in [4.69, 9.17) is 10.00 Å². The lowest BCUT2D eigenvalue weighted by Crippen LogP contribution is -1.97. The summed E-state index contributed by atoms with van der Waals surface area (Å²) in [5.74, 6) is 0.846. The Bertz CT molecular complexity index is 785. The molecule has 0 fully saturated rings. The number of benzene rings is 2. The minimum Gasteiger partial charge on any atom is -0.488 e. The monoisotopic (exact) mass is 260 g/mol. The molecule has 0 saturated heterocycles. The van der Waals surface area contributed by atoms with Crippen LogP contribution in [0.15, 0.2) is 60.8 Å². The summed E-state index contributed by atoms with van der Waals surface area (Å²) in [4.78, 5) is 3.95. The zero-order chi connectivity index (χ0) is 13.8. The van der Waals surface area contributed by atoms with Crippen LogP contribution >= 0.6 is 0 Å². The Kier molecular flexibility index (Phi) is 3.30. The van der Waals surface area contributed by atoms with Crippen molar-refractivity contribution in [1.29, 1.82) is 5.26 Å². The smallest absolute Gasteiger partial charge is 0.140 e. The highest BCUT2D eigenvalue weighted by molar-refractivity contribution is 5.88. The summed E-state index contributed by atoms with van der Waals surface area (Å²) in [6.07, 6.45) is 1.63. The molecule has 0 aliphatic rings. The third kappa shape index (κ3) is 2.45. The van der Waals surface area contributed by atoms with E-state index >= 15 is 0 Å². The van der Waals surface area contributed by atoms with Crippen LogP contribution < -0.4 is 4.74 Å². The first kappa shape index (κ1) is 12.2. The Morgan fingerprint density at radius 1 is 1.05 bits per heavy atom. The number of aromatic nitrogens is 1. The van der Waals surface area contributed by atoms with Crippen molar-refractivity contribution in [2.45, 2.75) is 6.61 Å². The van der Waals surface area contributed by atoms with Crippen LogP contribution in [0.2, 0.25) is 0 Å². The van der Waals surface area contributed by atoms with Gasteiger partial charge in [0.2, 0.25) is 0 Å². The second kappa shape index (κ2) is 5.41. The maximum atomic E-state index is 8.84. The first-order chi connectivity index (χ1) is 9.86. The molecule has 0 bridgehead atoms. The van der Waals surface area contributed by atoms with Crippen molar-refractivity contribution in [3.63, 3.8) is 0 Å². The SMILES string of the molecule is N#Cc1cc(COc2cccc3ccccc23)ccn1. The van der Waals surface area contributed by atoms with E-state index in [1.807, 2.05) is 42.5 Å². The lowest BCUT2D eigenvalue weighted by atomic mass is 10.1. The molecule has 3 heteroatoms. The summed E-state index contributed by atoms with van der Waals surface area (Å²) in [7, 11) is 0. The number of ether oxygens (including phenoxy) is 1. The first-order valence-corrected chi connectivity index (χ1v) is 6.32. The van der Waals surface area contributed by atoms with Gasteiger partial charge in [-0.05, 0) is 29.1 Å². The van der Waals surface area contributed by atoms with Gasteiger partial charge in [0.15, 0.2) is 0 Å². The molecule has 3 nitrogen and oxygen atoms in total. The summed E-state index contributed by atoms with van der Waals surface area (Å²) in [6.45, 7) is 0.422. The summed E-state index contributed by atoms with van der Waals surface area (Å²) >= 11 is 0. The third-order valence-electron chi connectivity index (χ3n) is 3.08. The van der Waals surface area contributed by atoms with Crippen molar-refractivity contribution in [2.24, 2.45) is 0 Å². The van der Waals surface area contributed by atoms with Crippen LogP contribution in [0.5, 0.6) is 5.75 Å². The van der Waals surface area contributed by atoms with E-state index in [-0.39, 0.29) is 0 Å². The molecule has 3 aromatic rings. The van der Waals surface area contributed by atoms with Gasteiger partial charge in [-0.3, -0.25) is 0 Å². The zero-order valence-corrected chi connectivity index (χ0v) is 10.8. The number of hydrogen-bond acceptors (Lipinski definition) is 3. The number of pyridine rings is 1. The average molecular weight is 260 g/mol. The highest BCUT2D eigenvalue weighted by Gasteiger charge is 2.02. The van der Waals surface area contributed by atoms with Crippen LogP contribution in [0.1, 0.15) is 11.3 Å². The molecule has 0 aliphatic heterocycles. The number of nitrogens with zero attached hydrogens (tertiary/aromatic N) is 2. The fraction of sp³-hybridized carbons (Fsp3) is 0.0588. The molecule has 3 rings (SSSR count). The van der Waals surface area contributed by atoms with Crippen LogP contribution in [0.4, 0.5) is 0 Å². The Morgan fingerprint density at radius 2 is 1.90 bits per heavy atom. The van der Waals surface area contributed by atoms with Crippen LogP contribution in [0.3, 0.4) is 0 Å². The van der Waals surface area contributed by atoms with Gasteiger partial charge < -0.3 is 4.74 Å². The lowest BCUT2D eigenvalue weighted by Gasteiger charge is -2.09. The van der Waals surface area contributed by atoms with Crippen LogP contribution in [0.25, 0.3) is 10.8 Å². The topological polar surface area (TPSA) is 45.9 Å². The predicted molar refractivity (Wildman–Crippen MR) is 77.2 cm³/mol. The number of rotatable bonds is 3. The summed E-state index contributed by atoms with van der Waals surface area (Å²) < 4.78 is 5.87. The van der Waals surface area contributed by atoms with Gasteiger partial charge in [-0.15, -0.1) is 0 Å². The molecule has 0 atom stereocenters. The Morgan fingerprint density at radius 3 is 2.80 bits per heavy atom. The summed E-state index contributed by atoms with van der Waals surface area (Å²) in [5.41, 5.74) is 1.34. The average Bonchev–Trinajstić information content (AvgIpc) is 2.53. The maximum Gasteiger partial charge on any atom is 0.140 e. The molecule has 0 amide bonds. The molecule has 0 radical (unpaired) electrons. The normalized spacial score (nSPS) is 10.2. The van der Waals surface area contributed by atoms with Gasteiger partial charge in [0.05, 0.1) is 0 Å². The van der Waals surface area contributed by atoms with Crippen molar-refractivity contribution in [1.82, 2.24) is 4.98 Å². The van der Waals surface area contributed by atoms with E-state index in [9.17, 15) is 0 Å². The van der Waals surface area contributed by atoms with Crippen LogP contribution in [-0.2, 0) is 6.61 Å². The molecule has 1 aromatic heterocycles. The fourth-order valence-electron chi connectivity index (χ4n) is 2.11. The lowest BCUT2D eigenvalue weighted by molar-refractivity contribution is 0.310. The molecular formula is C17H12N2O. The van der Waals surface area contributed by atoms with E-state index in [0.717, 1.165) is 22.1 Å². The van der Waals surface area contributed by atoms with Crippen molar-refractivity contribution < 1.29 is 4.74 Å².